The lowest BCUT2D eigenvalue weighted by atomic mass is 9.91. The van der Waals surface area contributed by atoms with Crippen LogP contribution in [-0.4, -0.2) is 54.6 Å². The van der Waals surface area contributed by atoms with Crippen LogP contribution in [0.2, 0.25) is 0 Å². The largest absolute Gasteiger partial charge is 0.465 e. The van der Waals surface area contributed by atoms with Gasteiger partial charge >= 0.3 is 12.1 Å². The molecule has 3 aliphatic rings. The molecule has 1 aliphatic carbocycles. The van der Waals surface area contributed by atoms with Crippen LogP contribution in [0.1, 0.15) is 43.7 Å². The fourth-order valence-corrected chi connectivity index (χ4v) is 5.19. The van der Waals surface area contributed by atoms with Crippen molar-refractivity contribution in [3.63, 3.8) is 0 Å². The van der Waals surface area contributed by atoms with Gasteiger partial charge in [-0.05, 0) is 49.1 Å². The predicted octanol–water partition coefficient (Wildman–Crippen LogP) is 3.71. The van der Waals surface area contributed by atoms with E-state index in [4.69, 9.17) is 4.74 Å². The van der Waals surface area contributed by atoms with Crippen molar-refractivity contribution in [1.82, 2.24) is 4.90 Å². The summed E-state index contributed by atoms with van der Waals surface area (Å²) in [6.07, 6.45) is -3.16. The van der Waals surface area contributed by atoms with Crippen LogP contribution in [0.3, 0.4) is 0 Å². The average Bonchev–Trinajstić information content (AvgIpc) is 3.33. The summed E-state index contributed by atoms with van der Waals surface area (Å²) in [4.78, 5) is 35.3. The zero-order valence-corrected chi connectivity index (χ0v) is 18.2. The Morgan fingerprint density at radius 3 is 2.31 bits per heavy atom. The van der Waals surface area contributed by atoms with Gasteiger partial charge in [0.05, 0.1) is 18.7 Å². The zero-order chi connectivity index (χ0) is 23.2. The van der Waals surface area contributed by atoms with Gasteiger partial charge in [0.1, 0.15) is 5.71 Å². The van der Waals surface area contributed by atoms with Gasteiger partial charge in [-0.15, -0.1) is 0 Å². The Morgan fingerprint density at radius 2 is 1.72 bits per heavy atom. The lowest BCUT2D eigenvalue weighted by molar-refractivity contribution is -0.138. The summed E-state index contributed by atoms with van der Waals surface area (Å²) in [5.74, 6) is -1.08. The Balaban J connectivity index is 1.47. The SMILES string of the molecule is COC(=O)C1=NC(C(=O)N2C[C@H]3CC(c4ccccc4C(F)(F)F)C[C@H]3C2)=NC(C)C1C. The number of halogens is 3. The number of methoxy groups -OCH3 is 1. The predicted molar refractivity (Wildman–Crippen MR) is 112 cm³/mol. The second-order valence-electron chi connectivity index (χ2n) is 8.95. The molecule has 0 radical (unpaired) electrons. The number of amides is 1. The summed E-state index contributed by atoms with van der Waals surface area (Å²) in [6.45, 7) is 4.54. The third-order valence-corrected chi connectivity index (χ3v) is 7.04. The number of hydrogen-bond donors (Lipinski definition) is 0. The first kappa shape index (κ1) is 22.5. The number of amidine groups is 1. The fourth-order valence-electron chi connectivity index (χ4n) is 5.19. The topological polar surface area (TPSA) is 71.3 Å². The number of benzene rings is 1. The number of alkyl halides is 3. The molecule has 0 bridgehead atoms. The number of aliphatic imine (C=N–C) groups is 2. The van der Waals surface area contributed by atoms with Gasteiger partial charge in [-0.2, -0.15) is 13.2 Å². The number of hydrogen-bond acceptors (Lipinski definition) is 5. The van der Waals surface area contributed by atoms with E-state index in [-0.39, 0.29) is 47.2 Å². The van der Waals surface area contributed by atoms with Crippen LogP contribution in [0.5, 0.6) is 0 Å². The Morgan fingerprint density at radius 1 is 1.09 bits per heavy atom. The maximum absolute atomic E-state index is 13.4. The monoisotopic (exact) mass is 449 g/mol. The van der Waals surface area contributed by atoms with E-state index in [9.17, 15) is 22.8 Å². The number of ether oxygens (including phenoxy) is 1. The highest BCUT2D eigenvalue weighted by atomic mass is 19.4. The van der Waals surface area contributed by atoms with Crippen molar-refractivity contribution in [3.8, 4) is 0 Å². The summed E-state index contributed by atoms with van der Waals surface area (Å²) in [7, 11) is 1.27. The standard InChI is InChI=1S/C23H26F3N3O3/c1-12-13(2)27-20(28-19(12)22(31)32-3)21(30)29-10-15-8-14(9-16(15)11-29)17-6-4-5-7-18(17)23(24,25)26/h4-7,12-16H,8-11H2,1-3H3/t12?,13?,14?,15-,16+. The maximum atomic E-state index is 13.4. The van der Waals surface area contributed by atoms with Crippen LogP contribution in [0.25, 0.3) is 0 Å². The van der Waals surface area contributed by atoms with Crippen LogP contribution in [0.4, 0.5) is 13.2 Å². The average molecular weight is 449 g/mol. The first-order valence-corrected chi connectivity index (χ1v) is 10.8. The molecule has 0 aromatic heterocycles. The number of nitrogens with zero attached hydrogens (tertiary/aromatic N) is 3. The molecule has 2 aliphatic heterocycles. The molecule has 1 aromatic carbocycles. The van der Waals surface area contributed by atoms with Gasteiger partial charge in [0.25, 0.3) is 5.91 Å². The second-order valence-corrected chi connectivity index (χ2v) is 8.95. The minimum Gasteiger partial charge on any atom is -0.465 e. The highest BCUT2D eigenvalue weighted by molar-refractivity contribution is 6.47. The van der Waals surface area contributed by atoms with Gasteiger partial charge in [0.15, 0.2) is 0 Å². The molecule has 2 fully saturated rings. The van der Waals surface area contributed by atoms with E-state index in [0.29, 0.717) is 31.5 Å². The molecule has 0 spiro atoms. The van der Waals surface area contributed by atoms with Gasteiger partial charge in [0, 0.05) is 19.0 Å². The molecule has 1 amide bonds. The second kappa shape index (κ2) is 8.33. The van der Waals surface area contributed by atoms with Crippen molar-refractivity contribution in [2.45, 2.75) is 44.8 Å². The Bertz CT molecular complexity index is 974. The molecular formula is C23H26F3N3O3. The van der Waals surface area contributed by atoms with Crippen LogP contribution in [-0.2, 0) is 20.5 Å². The van der Waals surface area contributed by atoms with E-state index in [1.807, 2.05) is 13.8 Å². The van der Waals surface area contributed by atoms with Crippen molar-refractivity contribution < 1.29 is 27.5 Å². The molecule has 1 saturated heterocycles. The number of rotatable bonds is 3. The van der Waals surface area contributed by atoms with Crippen LogP contribution in [0.15, 0.2) is 34.3 Å². The summed E-state index contributed by atoms with van der Waals surface area (Å²) in [5, 5.41) is 0. The minimum absolute atomic E-state index is 0.00468. The first-order valence-electron chi connectivity index (χ1n) is 10.8. The summed E-state index contributed by atoms with van der Waals surface area (Å²) in [5.41, 5.74) is -0.0390. The van der Waals surface area contributed by atoms with Crippen LogP contribution >= 0.6 is 0 Å². The normalized spacial score (nSPS) is 29.9. The van der Waals surface area contributed by atoms with Gasteiger partial charge in [-0.1, -0.05) is 25.1 Å². The number of carbonyl (C=O) groups excluding carboxylic acids is 2. The van der Waals surface area contributed by atoms with Crippen molar-refractivity contribution in [2.75, 3.05) is 20.2 Å². The van der Waals surface area contributed by atoms with Crippen molar-refractivity contribution >= 4 is 23.4 Å². The van der Waals surface area contributed by atoms with E-state index in [2.05, 4.69) is 9.98 Å². The molecule has 3 unspecified atom stereocenters. The molecule has 5 atom stereocenters. The molecule has 1 saturated carbocycles. The van der Waals surface area contributed by atoms with E-state index >= 15 is 0 Å². The van der Waals surface area contributed by atoms with Crippen molar-refractivity contribution in [3.05, 3.63) is 35.4 Å². The molecule has 6 nitrogen and oxygen atoms in total. The third-order valence-electron chi connectivity index (χ3n) is 7.04. The van der Waals surface area contributed by atoms with E-state index in [1.54, 1.807) is 17.0 Å². The number of carbonyl (C=O) groups is 2. The van der Waals surface area contributed by atoms with Crippen LogP contribution in [0, 0.1) is 17.8 Å². The summed E-state index contributed by atoms with van der Waals surface area (Å²) >= 11 is 0. The molecule has 1 aromatic rings. The smallest absolute Gasteiger partial charge is 0.416 e. The highest BCUT2D eigenvalue weighted by Crippen LogP contribution is 2.48. The van der Waals surface area contributed by atoms with Gasteiger partial charge < -0.3 is 9.64 Å². The minimum atomic E-state index is -4.38. The lowest BCUT2D eigenvalue weighted by Gasteiger charge is -2.25. The van der Waals surface area contributed by atoms with Crippen LogP contribution < -0.4 is 0 Å². The van der Waals surface area contributed by atoms with Gasteiger partial charge in [-0.25, -0.2) is 9.79 Å². The Hall–Kier alpha value is -2.71. The molecule has 172 valence electrons. The molecular weight excluding hydrogens is 423 g/mol. The van der Waals surface area contributed by atoms with E-state index in [1.165, 1.54) is 13.2 Å². The first-order chi connectivity index (χ1) is 15.1. The highest BCUT2D eigenvalue weighted by Gasteiger charge is 2.46. The van der Waals surface area contributed by atoms with Gasteiger partial charge in [0.2, 0.25) is 5.84 Å². The number of esters is 1. The summed E-state index contributed by atoms with van der Waals surface area (Å²) in [6, 6.07) is 5.48. The molecule has 2 heterocycles. The Labute approximate surface area is 184 Å². The number of fused-ring (bicyclic) bond motifs is 1. The molecule has 0 N–H and O–H groups in total. The molecule has 32 heavy (non-hydrogen) atoms. The Kier molecular flexibility index (Phi) is 5.85. The third kappa shape index (κ3) is 4.04. The quantitative estimate of drug-likeness (QED) is 0.661. The fraction of sp³-hybridized carbons (Fsp3) is 0.565. The lowest BCUT2D eigenvalue weighted by Crippen LogP contribution is -2.41. The maximum Gasteiger partial charge on any atom is 0.416 e. The summed E-state index contributed by atoms with van der Waals surface area (Å²) < 4.78 is 45.1. The number of likely N-dealkylation sites (tertiary alicyclic amines) is 1. The van der Waals surface area contributed by atoms with Crippen molar-refractivity contribution in [2.24, 2.45) is 27.7 Å². The van der Waals surface area contributed by atoms with E-state index in [0.717, 1.165) is 6.07 Å². The molecule has 4 rings (SSSR count). The van der Waals surface area contributed by atoms with Crippen molar-refractivity contribution in [1.29, 1.82) is 0 Å². The molecule has 9 heteroatoms. The zero-order valence-electron chi connectivity index (χ0n) is 18.2. The van der Waals surface area contributed by atoms with E-state index < -0.39 is 17.7 Å². The van der Waals surface area contributed by atoms with Gasteiger partial charge in [-0.3, -0.25) is 9.79 Å².